The summed E-state index contributed by atoms with van der Waals surface area (Å²) < 4.78 is 13.0. The van der Waals surface area contributed by atoms with Crippen LogP contribution in [-0.2, 0) is 0 Å². The molecule has 0 aliphatic heterocycles. The number of nitrogens with two attached hydrogens (primary N) is 1. The number of aryl methyl sites for hydroxylation is 1. The Hall–Kier alpha value is -2.11. The number of carbonyl (C=O) groups excluding carboxylic acids is 1. The fourth-order valence-corrected chi connectivity index (χ4v) is 1.75. The molecule has 0 saturated heterocycles. The molecule has 0 fully saturated rings. The molecule has 104 valence electrons. The number of hydrogen-bond donors (Lipinski definition) is 3. The van der Waals surface area contributed by atoms with Gasteiger partial charge in [0, 0.05) is 5.56 Å². The first-order chi connectivity index (χ1) is 8.86. The highest BCUT2D eigenvalue weighted by Gasteiger charge is 2.22. The predicted octanol–water partition coefficient (Wildman–Crippen LogP) is 1.63. The van der Waals surface area contributed by atoms with E-state index in [0.717, 1.165) is 0 Å². The van der Waals surface area contributed by atoms with E-state index in [-0.39, 0.29) is 17.7 Å². The van der Waals surface area contributed by atoms with Gasteiger partial charge in [-0.15, -0.1) is 0 Å². The van der Waals surface area contributed by atoms with Crippen LogP contribution in [0.4, 0.5) is 4.39 Å². The van der Waals surface area contributed by atoms with E-state index in [1.165, 1.54) is 18.2 Å². The summed E-state index contributed by atoms with van der Waals surface area (Å²) >= 11 is 0. The largest absolute Gasteiger partial charge is 0.409 e. The molecule has 5 nitrogen and oxygen atoms in total. The van der Waals surface area contributed by atoms with Gasteiger partial charge in [-0.3, -0.25) is 4.79 Å². The van der Waals surface area contributed by atoms with Crippen LogP contribution in [0.1, 0.15) is 29.8 Å². The average molecular weight is 267 g/mol. The molecular weight excluding hydrogens is 249 g/mol. The molecule has 6 heteroatoms. The summed E-state index contributed by atoms with van der Waals surface area (Å²) in [6, 6.07) is 3.32. The van der Waals surface area contributed by atoms with E-state index < -0.39 is 11.9 Å². The van der Waals surface area contributed by atoms with Crippen molar-refractivity contribution in [1.29, 1.82) is 0 Å². The summed E-state index contributed by atoms with van der Waals surface area (Å²) in [7, 11) is 0. The molecule has 0 aliphatic rings. The van der Waals surface area contributed by atoms with E-state index in [0.29, 0.717) is 11.1 Å². The molecule has 0 radical (unpaired) electrons. The van der Waals surface area contributed by atoms with Crippen molar-refractivity contribution in [2.24, 2.45) is 16.8 Å². The summed E-state index contributed by atoms with van der Waals surface area (Å²) in [5.41, 5.74) is 6.42. The molecule has 1 unspecified atom stereocenters. The van der Waals surface area contributed by atoms with E-state index in [1.54, 1.807) is 6.92 Å². The fraction of sp³-hybridized carbons (Fsp3) is 0.385. The minimum absolute atomic E-state index is 0.0411. The SMILES string of the molecule is Cc1cc(F)ccc1C(=O)NC(/C(N)=N/O)C(C)C. The molecule has 4 N–H and O–H groups in total. The van der Waals surface area contributed by atoms with Crippen LogP contribution in [0.3, 0.4) is 0 Å². The molecule has 0 bridgehead atoms. The van der Waals surface area contributed by atoms with Crippen molar-refractivity contribution in [1.82, 2.24) is 5.32 Å². The van der Waals surface area contributed by atoms with Crippen molar-refractivity contribution < 1.29 is 14.4 Å². The quantitative estimate of drug-likeness (QED) is 0.335. The molecule has 0 aromatic heterocycles. The number of rotatable bonds is 4. The number of nitrogens with zero attached hydrogens (tertiary/aromatic N) is 1. The van der Waals surface area contributed by atoms with Gasteiger partial charge in [0.2, 0.25) is 0 Å². The Labute approximate surface area is 111 Å². The van der Waals surface area contributed by atoms with Gasteiger partial charge < -0.3 is 16.3 Å². The van der Waals surface area contributed by atoms with E-state index >= 15 is 0 Å². The fourth-order valence-electron chi connectivity index (χ4n) is 1.75. The van der Waals surface area contributed by atoms with Gasteiger partial charge in [0.15, 0.2) is 5.84 Å². The van der Waals surface area contributed by atoms with Crippen molar-refractivity contribution >= 4 is 11.7 Å². The lowest BCUT2D eigenvalue weighted by Gasteiger charge is -2.21. The third-order valence-corrected chi connectivity index (χ3v) is 2.82. The number of benzene rings is 1. The second kappa shape index (κ2) is 6.17. The second-order valence-electron chi connectivity index (χ2n) is 4.68. The topological polar surface area (TPSA) is 87.7 Å². The Morgan fingerprint density at radius 3 is 2.58 bits per heavy atom. The van der Waals surface area contributed by atoms with Gasteiger partial charge in [0.25, 0.3) is 5.91 Å². The number of amides is 1. The standard InChI is InChI=1S/C13H18FN3O2/c1-7(2)11(12(15)17-19)16-13(18)10-5-4-9(14)6-8(10)3/h4-7,11,19H,1-3H3,(H2,15,17)(H,16,18). The molecule has 1 amide bonds. The molecule has 1 aromatic carbocycles. The van der Waals surface area contributed by atoms with E-state index in [4.69, 9.17) is 10.9 Å². The van der Waals surface area contributed by atoms with Crippen LogP contribution in [0.5, 0.6) is 0 Å². The summed E-state index contributed by atoms with van der Waals surface area (Å²) in [6.45, 7) is 5.31. The molecule has 0 heterocycles. The minimum Gasteiger partial charge on any atom is -0.409 e. The van der Waals surface area contributed by atoms with Crippen LogP contribution >= 0.6 is 0 Å². The highest BCUT2D eigenvalue weighted by Crippen LogP contribution is 2.11. The maximum atomic E-state index is 13.0. The van der Waals surface area contributed by atoms with Gasteiger partial charge in [-0.1, -0.05) is 19.0 Å². The van der Waals surface area contributed by atoms with Crippen molar-refractivity contribution in [2.45, 2.75) is 26.8 Å². The lowest BCUT2D eigenvalue weighted by atomic mass is 10.0. The Bertz CT molecular complexity index is 501. The van der Waals surface area contributed by atoms with Crippen LogP contribution < -0.4 is 11.1 Å². The molecule has 0 spiro atoms. The third kappa shape index (κ3) is 3.67. The number of amidine groups is 1. The summed E-state index contributed by atoms with van der Waals surface area (Å²) in [6.07, 6.45) is 0. The van der Waals surface area contributed by atoms with Gasteiger partial charge in [-0.25, -0.2) is 4.39 Å². The molecule has 0 aliphatic carbocycles. The molecule has 1 atom stereocenters. The van der Waals surface area contributed by atoms with Crippen LogP contribution in [0.25, 0.3) is 0 Å². The first kappa shape index (κ1) is 14.9. The minimum atomic E-state index is -0.582. The van der Waals surface area contributed by atoms with Gasteiger partial charge in [0.1, 0.15) is 5.82 Å². The predicted molar refractivity (Wildman–Crippen MR) is 70.6 cm³/mol. The van der Waals surface area contributed by atoms with Crippen molar-refractivity contribution in [3.05, 3.63) is 35.1 Å². The lowest BCUT2D eigenvalue weighted by Crippen LogP contribution is -2.48. The summed E-state index contributed by atoms with van der Waals surface area (Å²) in [4.78, 5) is 12.1. The monoisotopic (exact) mass is 267 g/mol. The first-order valence-electron chi connectivity index (χ1n) is 5.91. The second-order valence-corrected chi connectivity index (χ2v) is 4.68. The van der Waals surface area contributed by atoms with Crippen molar-refractivity contribution in [3.8, 4) is 0 Å². The van der Waals surface area contributed by atoms with Gasteiger partial charge in [0.05, 0.1) is 6.04 Å². The normalized spacial score (nSPS) is 13.4. The molecule has 0 saturated carbocycles. The van der Waals surface area contributed by atoms with Crippen molar-refractivity contribution in [3.63, 3.8) is 0 Å². The third-order valence-electron chi connectivity index (χ3n) is 2.82. The van der Waals surface area contributed by atoms with Crippen LogP contribution in [-0.4, -0.2) is 23.0 Å². The lowest BCUT2D eigenvalue weighted by molar-refractivity contribution is 0.0938. The Morgan fingerprint density at radius 2 is 2.11 bits per heavy atom. The Balaban J connectivity index is 2.94. The van der Waals surface area contributed by atoms with Gasteiger partial charge in [-0.05, 0) is 36.6 Å². The molecule has 1 rings (SSSR count). The van der Waals surface area contributed by atoms with Gasteiger partial charge >= 0.3 is 0 Å². The average Bonchev–Trinajstić information content (AvgIpc) is 2.34. The highest BCUT2D eigenvalue weighted by molar-refractivity contribution is 5.99. The number of hydrogen-bond acceptors (Lipinski definition) is 3. The summed E-state index contributed by atoms with van der Waals surface area (Å²) in [5, 5.41) is 14.3. The van der Waals surface area contributed by atoms with Gasteiger partial charge in [-0.2, -0.15) is 0 Å². The van der Waals surface area contributed by atoms with E-state index in [2.05, 4.69) is 10.5 Å². The maximum Gasteiger partial charge on any atom is 0.252 e. The smallest absolute Gasteiger partial charge is 0.252 e. The first-order valence-corrected chi connectivity index (χ1v) is 5.91. The summed E-state index contributed by atoms with van der Waals surface area (Å²) in [5.74, 6) is -0.891. The zero-order chi connectivity index (χ0) is 14.6. The maximum absolute atomic E-state index is 13.0. The molecule has 1 aromatic rings. The number of halogens is 1. The van der Waals surface area contributed by atoms with Crippen LogP contribution in [0.15, 0.2) is 23.4 Å². The van der Waals surface area contributed by atoms with Crippen LogP contribution in [0.2, 0.25) is 0 Å². The zero-order valence-corrected chi connectivity index (χ0v) is 11.1. The zero-order valence-electron chi connectivity index (χ0n) is 11.1. The van der Waals surface area contributed by atoms with E-state index in [9.17, 15) is 9.18 Å². The number of carbonyl (C=O) groups is 1. The van der Waals surface area contributed by atoms with Crippen LogP contribution in [0, 0.1) is 18.7 Å². The number of oxime groups is 1. The molecular formula is C13H18FN3O2. The Kier molecular flexibility index (Phi) is 4.86. The highest BCUT2D eigenvalue weighted by atomic mass is 19.1. The number of nitrogens with one attached hydrogen (secondary N) is 1. The van der Waals surface area contributed by atoms with E-state index in [1.807, 2.05) is 13.8 Å². The van der Waals surface area contributed by atoms with Crippen molar-refractivity contribution in [2.75, 3.05) is 0 Å². The molecule has 19 heavy (non-hydrogen) atoms. The Morgan fingerprint density at radius 1 is 1.47 bits per heavy atom.